The van der Waals surface area contributed by atoms with Gasteiger partial charge in [-0.2, -0.15) is 0 Å². The van der Waals surface area contributed by atoms with Crippen LogP contribution >= 0.6 is 0 Å². The molecule has 0 saturated heterocycles. The van der Waals surface area contributed by atoms with Gasteiger partial charge in [0.1, 0.15) is 6.04 Å². The number of carbonyl (C=O) groups is 2. The molecule has 1 fully saturated rings. The molecule has 1 saturated carbocycles. The number of hydroxylamine groups is 1. The number of nitrogens with zero attached hydrogens (tertiary/aromatic N) is 1. The topological polar surface area (TPSA) is 183 Å². The van der Waals surface area contributed by atoms with Crippen LogP contribution in [0.4, 0.5) is 10.5 Å². The van der Waals surface area contributed by atoms with Gasteiger partial charge in [-0.15, -0.1) is 0 Å². The van der Waals surface area contributed by atoms with E-state index in [0.29, 0.717) is 18.5 Å². The highest BCUT2D eigenvalue weighted by atomic mass is 32.2. The van der Waals surface area contributed by atoms with Gasteiger partial charge < -0.3 is 31.9 Å². The number of nitrogens with two attached hydrogens (primary N) is 1. The van der Waals surface area contributed by atoms with E-state index in [-0.39, 0.29) is 29.9 Å². The number of likely N-dealkylation sites (N-methyl/N-ethyl adjacent to an activating group) is 1. The number of nitrogens with one attached hydrogen (secondary N) is 3. The van der Waals surface area contributed by atoms with Crippen LogP contribution in [0.2, 0.25) is 0 Å². The Balaban J connectivity index is 1.83. The van der Waals surface area contributed by atoms with Crippen molar-refractivity contribution >= 4 is 27.7 Å². The molecule has 1 aliphatic carbocycles. The lowest BCUT2D eigenvalue weighted by atomic mass is 10.0. The number of rotatable bonds is 14. The molecule has 0 aliphatic heterocycles. The quantitative estimate of drug-likeness (QED) is 0.184. The van der Waals surface area contributed by atoms with E-state index < -0.39 is 40.8 Å². The van der Waals surface area contributed by atoms with Crippen LogP contribution in [0.15, 0.2) is 59.5 Å². The number of amides is 2. The summed E-state index contributed by atoms with van der Waals surface area (Å²) >= 11 is 0. The van der Waals surface area contributed by atoms with Crippen LogP contribution < -0.4 is 21.7 Å². The number of carbonyl (C=O) groups excluding carboxylic acids is 1. The Labute approximate surface area is 228 Å². The van der Waals surface area contributed by atoms with E-state index in [9.17, 15) is 28.2 Å². The highest BCUT2D eigenvalue weighted by molar-refractivity contribution is 7.89. The van der Waals surface area contributed by atoms with Crippen LogP contribution in [-0.4, -0.2) is 79.5 Å². The second kappa shape index (κ2) is 14.2. The summed E-state index contributed by atoms with van der Waals surface area (Å²) < 4.78 is 28.2. The van der Waals surface area contributed by atoms with Crippen molar-refractivity contribution < 1.29 is 33.1 Å². The van der Waals surface area contributed by atoms with Crippen molar-refractivity contribution in [3.8, 4) is 0 Å². The Hall–Kier alpha value is -3.23. The van der Waals surface area contributed by atoms with Crippen molar-refractivity contribution in [3.63, 3.8) is 0 Å². The standard InChI is InChI=1S/C26H37N5O7S/c1-28-25(33)22(27)16-29-19-10-7-13-21(15-19)39(36,37)31(38-20-11-5-6-12-20)17-24(32)23(30-26(34)35)14-18-8-3-2-4-9-18/h2-4,7-10,13,15,20,22-24,29-30,32H,5-6,11-12,14,16-17,27H2,1H3,(H,28,33)(H,34,35)/t22?,23-,24+/m0/s1. The molecule has 0 heterocycles. The maximum absolute atomic E-state index is 13.7. The number of benzene rings is 2. The van der Waals surface area contributed by atoms with Gasteiger partial charge in [0.25, 0.3) is 10.0 Å². The summed E-state index contributed by atoms with van der Waals surface area (Å²) in [7, 11) is -2.80. The molecule has 2 amide bonds. The second-order valence-corrected chi connectivity index (χ2v) is 11.3. The van der Waals surface area contributed by atoms with E-state index in [1.165, 1.54) is 25.2 Å². The van der Waals surface area contributed by atoms with Crippen molar-refractivity contribution in [2.24, 2.45) is 5.73 Å². The molecule has 0 bridgehead atoms. The third kappa shape index (κ3) is 8.90. The number of hydrogen-bond donors (Lipinski definition) is 6. The Bertz CT molecular complexity index is 1190. The fraction of sp³-hybridized carbons (Fsp3) is 0.462. The highest BCUT2D eigenvalue weighted by Crippen LogP contribution is 2.27. The molecule has 3 rings (SSSR count). The molecule has 0 spiro atoms. The van der Waals surface area contributed by atoms with Gasteiger partial charge >= 0.3 is 6.09 Å². The summed E-state index contributed by atoms with van der Waals surface area (Å²) in [6, 6.07) is 13.1. The maximum atomic E-state index is 13.7. The van der Waals surface area contributed by atoms with E-state index in [2.05, 4.69) is 16.0 Å². The molecule has 39 heavy (non-hydrogen) atoms. The molecule has 7 N–H and O–H groups in total. The van der Waals surface area contributed by atoms with Crippen LogP contribution in [0.25, 0.3) is 0 Å². The van der Waals surface area contributed by atoms with Gasteiger partial charge in [-0.25, -0.2) is 13.2 Å². The van der Waals surface area contributed by atoms with Gasteiger partial charge in [-0.1, -0.05) is 53.7 Å². The Kier molecular flexibility index (Phi) is 11.1. The summed E-state index contributed by atoms with van der Waals surface area (Å²) in [5.74, 6) is -0.364. The molecule has 214 valence electrons. The monoisotopic (exact) mass is 563 g/mol. The molecule has 0 radical (unpaired) electrons. The summed E-state index contributed by atoms with van der Waals surface area (Å²) in [5, 5.41) is 28.1. The fourth-order valence-electron chi connectivity index (χ4n) is 4.34. The molecule has 12 nitrogen and oxygen atoms in total. The smallest absolute Gasteiger partial charge is 0.404 e. The molecule has 13 heteroatoms. The minimum Gasteiger partial charge on any atom is -0.465 e. The molecule has 1 aliphatic rings. The fourth-order valence-corrected chi connectivity index (χ4v) is 5.68. The Morgan fingerprint density at radius 3 is 2.46 bits per heavy atom. The van der Waals surface area contributed by atoms with E-state index in [1.807, 2.05) is 6.07 Å². The first-order chi connectivity index (χ1) is 18.6. The zero-order chi connectivity index (χ0) is 28.4. The second-order valence-electron chi connectivity index (χ2n) is 9.44. The van der Waals surface area contributed by atoms with Gasteiger partial charge in [0.15, 0.2) is 0 Å². The van der Waals surface area contributed by atoms with E-state index in [0.717, 1.165) is 22.9 Å². The number of carboxylic acid groups (broad SMARTS) is 1. The Morgan fingerprint density at radius 2 is 1.82 bits per heavy atom. The van der Waals surface area contributed by atoms with Crippen LogP contribution in [0.1, 0.15) is 31.2 Å². The molecular weight excluding hydrogens is 526 g/mol. The molecule has 1 unspecified atom stereocenters. The summed E-state index contributed by atoms with van der Waals surface area (Å²) in [6.07, 6.45) is 0.172. The first-order valence-electron chi connectivity index (χ1n) is 12.8. The van der Waals surface area contributed by atoms with E-state index in [4.69, 9.17) is 10.6 Å². The lowest BCUT2D eigenvalue weighted by molar-refractivity contribution is -0.145. The average Bonchev–Trinajstić information content (AvgIpc) is 3.44. The normalized spacial score (nSPS) is 16.4. The highest BCUT2D eigenvalue weighted by Gasteiger charge is 2.34. The van der Waals surface area contributed by atoms with E-state index in [1.54, 1.807) is 30.3 Å². The molecule has 3 atom stereocenters. The summed E-state index contributed by atoms with van der Waals surface area (Å²) in [5.41, 5.74) is 7.01. The lowest BCUT2D eigenvalue weighted by Gasteiger charge is -2.30. The lowest BCUT2D eigenvalue weighted by Crippen LogP contribution is -2.50. The zero-order valence-electron chi connectivity index (χ0n) is 21.8. The van der Waals surface area contributed by atoms with E-state index >= 15 is 0 Å². The van der Waals surface area contributed by atoms with Crippen LogP contribution in [0, 0.1) is 0 Å². The van der Waals surface area contributed by atoms with Gasteiger partial charge in [0.05, 0.1) is 29.7 Å². The molecule has 2 aromatic carbocycles. The van der Waals surface area contributed by atoms with Crippen molar-refractivity contribution in [2.45, 2.75) is 61.3 Å². The molecule has 0 aromatic heterocycles. The molecule has 2 aromatic rings. The summed E-state index contributed by atoms with van der Waals surface area (Å²) in [6.45, 7) is -0.415. The van der Waals surface area contributed by atoms with Gasteiger partial charge in [-0.3, -0.25) is 9.63 Å². The SMILES string of the molecule is CNC(=O)C(N)CNc1cccc(S(=O)(=O)N(C[C@@H](O)[C@H](Cc2ccccc2)NC(=O)O)OC2CCCC2)c1. The van der Waals surface area contributed by atoms with Crippen molar-refractivity contribution in [3.05, 3.63) is 60.2 Å². The van der Waals surface area contributed by atoms with Crippen molar-refractivity contribution in [1.29, 1.82) is 0 Å². The number of hydrogen-bond acceptors (Lipinski definition) is 8. The predicted molar refractivity (Wildman–Crippen MR) is 145 cm³/mol. The number of sulfonamides is 1. The first kappa shape index (κ1) is 30.3. The largest absolute Gasteiger partial charge is 0.465 e. The van der Waals surface area contributed by atoms with Crippen LogP contribution in [0.3, 0.4) is 0 Å². The van der Waals surface area contributed by atoms with Gasteiger partial charge in [0.2, 0.25) is 5.91 Å². The maximum Gasteiger partial charge on any atom is 0.404 e. The third-order valence-electron chi connectivity index (χ3n) is 6.49. The average molecular weight is 564 g/mol. The minimum atomic E-state index is -4.28. The zero-order valence-corrected chi connectivity index (χ0v) is 22.6. The van der Waals surface area contributed by atoms with Crippen molar-refractivity contribution in [1.82, 2.24) is 15.1 Å². The molecular formula is C26H37N5O7S. The van der Waals surface area contributed by atoms with Crippen molar-refractivity contribution in [2.75, 3.05) is 25.5 Å². The number of aliphatic hydroxyl groups is 1. The number of aliphatic hydroxyl groups excluding tert-OH is 1. The van der Waals surface area contributed by atoms with Crippen LogP contribution in [0.5, 0.6) is 0 Å². The van der Waals surface area contributed by atoms with Gasteiger partial charge in [0, 0.05) is 19.3 Å². The third-order valence-corrected chi connectivity index (χ3v) is 8.11. The Morgan fingerprint density at radius 1 is 1.13 bits per heavy atom. The van der Waals surface area contributed by atoms with Gasteiger partial charge in [-0.05, 0) is 43.0 Å². The minimum absolute atomic E-state index is 0.0756. The predicted octanol–water partition coefficient (Wildman–Crippen LogP) is 1.28. The van der Waals surface area contributed by atoms with Crippen LogP contribution in [-0.2, 0) is 26.1 Å². The first-order valence-corrected chi connectivity index (χ1v) is 14.3. The summed E-state index contributed by atoms with van der Waals surface area (Å²) in [4.78, 5) is 29.0. The number of anilines is 1.